The normalized spacial score (nSPS) is 11.9. The average molecular weight is 1860 g/mol. The van der Waals surface area contributed by atoms with Crippen LogP contribution in [-0.2, 0) is 0 Å². The van der Waals surface area contributed by atoms with E-state index in [-0.39, 0.29) is 0 Å². The molecular formula is C137H91N9. The van der Waals surface area contributed by atoms with Gasteiger partial charge in [-0.2, -0.15) is 0 Å². The van der Waals surface area contributed by atoms with Crippen molar-refractivity contribution in [2.75, 3.05) is 14.7 Å². The molecule has 26 aromatic rings. The van der Waals surface area contributed by atoms with E-state index in [9.17, 15) is 0 Å². The first-order valence-electron chi connectivity index (χ1n) is 49.7. The fourth-order valence-corrected chi connectivity index (χ4v) is 21.8. The highest BCUT2D eigenvalue weighted by Crippen LogP contribution is 2.55. The van der Waals surface area contributed by atoms with Crippen molar-refractivity contribution in [3.8, 4) is 151 Å². The fraction of sp³-hybridized carbons (Fsp3) is 0. The Labute approximate surface area is 846 Å². The summed E-state index contributed by atoms with van der Waals surface area (Å²) in [5.41, 5.74) is 40.2. The van der Waals surface area contributed by atoms with Crippen LogP contribution in [0.3, 0.4) is 0 Å². The molecule has 29 rings (SSSR count). The Morgan fingerprint density at radius 1 is 0.123 bits per heavy atom. The Morgan fingerprint density at radius 3 is 0.705 bits per heavy atom. The van der Waals surface area contributed by atoms with Gasteiger partial charge in [0.1, 0.15) is 17.5 Å². The van der Waals surface area contributed by atoms with Crippen LogP contribution in [0.5, 0.6) is 0 Å². The molecule has 0 spiro atoms. The van der Waals surface area contributed by atoms with Gasteiger partial charge in [0, 0.05) is 100.0 Å². The molecule has 684 valence electrons. The van der Waals surface area contributed by atoms with E-state index in [1.807, 2.05) is 36.4 Å². The van der Waals surface area contributed by atoms with Crippen molar-refractivity contribution in [2.45, 2.75) is 0 Å². The predicted molar refractivity (Wildman–Crippen MR) is 608 cm³/mol. The molecule has 0 atom stereocenters. The van der Waals surface area contributed by atoms with Crippen molar-refractivity contribution in [3.63, 3.8) is 0 Å². The number of fused-ring (bicyclic) bond motifs is 23. The molecule has 20 aromatic carbocycles. The molecule has 9 heterocycles. The minimum Gasteiger partial charge on any atom is -0.295 e. The number of hydrogen-bond acceptors (Lipinski definition) is 6. The summed E-state index contributed by atoms with van der Waals surface area (Å²) in [4.78, 5) is 22.7. The minimum atomic E-state index is 0.954. The van der Waals surface area contributed by atoms with Crippen LogP contribution < -0.4 is 14.7 Å². The molecule has 9 heteroatoms. The lowest BCUT2D eigenvalue weighted by molar-refractivity contribution is 1.09. The number of nitrogens with zero attached hydrogens (tertiary/aromatic N) is 9. The van der Waals surface area contributed by atoms with Crippen molar-refractivity contribution >= 4 is 106 Å². The van der Waals surface area contributed by atoms with Gasteiger partial charge in [0.2, 0.25) is 0 Å². The number of para-hydroxylation sites is 7. The Hall–Kier alpha value is -19.6. The van der Waals surface area contributed by atoms with Crippen LogP contribution in [-0.4, -0.2) is 28.7 Å². The second-order valence-electron chi connectivity index (χ2n) is 37.4. The number of aromatic nitrogens is 6. The van der Waals surface area contributed by atoms with Gasteiger partial charge in [-0.15, -0.1) is 0 Å². The van der Waals surface area contributed by atoms with Gasteiger partial charge in [-0.3, -0.25) is 28.4 Å². The predicted octanol–water partition coefficient (Wildman–Crippen LogP) is 36.7. The molecule has 0 radical (unpaired) electrons. The molecule has 0 unspecified atom stereocenters. The Balaban J connectivity index is 0.000000109. The molecule has 3 aliphatic heterocycles. The maximum absolute atomic E-state index is 5.14. The topological polar surface area (TPSA) is 63.2 Å². The number of hydrogen-bond donors (Lipinski definition) is 0. The summed E-state index contributed by atoms with van der Waals surface area (Å²) in [5.74, 6) is 3.32. The summed E-state index contributed by atoms with van der Waals surface area (Å²) in [7, 11) is 0. The van der Waals surface area contributed by atoms with E-state index in [4.69, 9.17) is 15.0 Å². The van der Waals surface area contributed by atoms with Gasteiger partial charge >= 0.3 is 0 Å². The Morgan fingerprint density at radius 2 is 0.363 bits per heavy atom. The van der Waals surface area contributed by atoms with E-state index >= 15 is 0 Å². The second kappa shape index (κ2) is 36.6. The minimum absolute atomic E-state index is 0.954. The monoisotopic (exact) mass is 1860 g/mol. The maximum atomic E-state index is 5.14. The molecule has 9 nitrogen and oxygen atoms in total. The lowest BCUT2D eigenvalue weighted by atomic mass is 9.97. The Kier molecular flexibility index (Phi) is 21.4. The zero-order chi connectivity index (χ0) is 96.5. The van der Waals surface area contributed by atoms with Crippen molar-refractivity contribution < 1.29 is 0 Å². The summed E-state index contributed by atoms with van der Waals surface area (Å²) >= 11 is 0. The number of anilines is 9. The van der Waals surface area contributed by atoms with Gasteiger partial charge in [0.25, 0.3) is 0 Å². The van der Waals surface area contributed by atoms with Gasteiger partial charge in [0.15, 0.2) is 0 Å². The summed E-state index contributed by atoms with van der Waals surface area (Å²) in [6.45, 7) is 0. The van der Waals surface area contributed by atoms with Crippen LogP contribution in [0.4, 0.5) is 51.6 Å². The molecule has 0 saturated carbocycles. The van der Waals surface area contributed by atoms with Crippen LogP contribution in [0.15, 0.2) is 552 Å². The lowest BCUT2D eigenvalue weighted by Crippen LogP contribution is -2.13. The largest absolute Gasteiger partial charge is 0.295 e. The van der Waals surface area contributed by atoms with E-state index in [1.54, 1.807) is 0 Å². The van der Waals surface area contributed by atoms with Crippen molar-refractivity contribution in [1.29, 1.82) is 0 Å². The van der Waals surface area contributed by atoms with Gasteiger partial charge in [-0.25, -0.2) is 15.0 Å². The van der Waals surface area contributed by atoms with Crippen LogP contribution in [0.25, 0.3) is 206 Å². The highest BCUT2D eigenvalue weighted by Gasteiger charge is 2.34. The first kappa shape index (κ1) is 85.6. The summed E-state index contributed by atoms with van der Waals surface area (Å²) in [6.07, 6.45) is 0. The van der Waals surface area contributed by atoms with E-state index in [0.717, 1.165) is 153 Å². The molecule has 0 amide bonds. The molecule has 0 fully saturated rings. The molecule has 0 N–H and O–H groups in total. The number of rotatable bonds is 12. The SMILES string of the molecule is c1ccc(-c2cc(-c3cccc(N4c5ccccc5-c5cc6ccccc6cc5-n5c4cc4ccccc45)c3)cc(-c3ccccc3)n2)cc1.c1ccc(-c2cc(-c3cccc(N4c5ccccc5-c5ccccc5-n5c4cc4cc6ccccc6cc45)c3)cc(-c3ccccc3)n2)cc1.c1ccc(-c2cc(-c3cccc(N4c5ccccc5-c5ccccc5-n5c4cc4ccccc45)c3)cc(-c3ccccc3)n2)cc1. The zero-order valence-electron chi connectivity index (χ0n) is 79.6. The number of benzene rings is 20. The summed E-state index contributed by atoms with van der Waals surface area (Å²) < 4.78 is 7.29. The van der Waals surface area contributed by atoms with Gasteiger partial charge < -0.3 is 0 Å². The van der Waals surface area contributed by atoms with Crippen LogP contribution in [0.1, 0.15) is 0 Å². The smallest absolute Gasteiger partial charge is 0.123 e. The second-order valence-corrected chi connectivity index (χ2v) is 37.4. The summed E-state index contributed by atoms with van der Waals surface area (Å²) in [5, 5.41) is 8.56. The van der Waals surface area contributed by atoms with Crippen LogP contribution in [0, 0.1) is 0 Å². The summed E-state index contributed by atoms with van der Waals surface area (Å²) in [6, 6.07) is 198. The molecule has 0 aliphatic carbocycles. The standard InChI is InChI=1S/2C47H31N3.C43H29N3/c1-3-14-32(15-4-1)42-28-37(29-43(48-42)33-16-5-2-6-17-33)35-20-13-21-39(27-35)49-44-24-11-9-22-40(44)41-23-10-12-25-45(41)50-46-30-36-19-8-7-18-34(36)26-38(46)31-47(49)50;1-3-14-32(15-4-1)42-28-38(29-43(48-42)33-16-5-2-6-17-33)34-21-13-22-39(26-34)49-45-25-12-10-23-40(45)41-27-35-18-7-8-19-36(35)30-46(41)50-44-24-11-9-20-37(44)31-47(49)50;1-3-14-30(15-4-1)38-27-34(28-39(44-38)31-16-5-2-6-17-31)32-19-13-20-35(26-32)45-41-24-11-8-21-36(41)37-22-9-12-25-42(37)46-40-23-10-7-18-33(40)29-43(45)46/h2*1-31H;1-29H. The quantitative estimate of drug-likeness (QED) is 0.121. The third-order valence-electron chi connectivity index (χ3n) is 28.6. The molecule has 0 bridgehead atoms. The van der Waals surface area contributed by atoms with E-state index < -0.39 is 0 Å². The zero-order valence-corrected chi connectivity index (χ0v) is 79.6. The van der Waals surface area contributed by atoms with E-state index in [1.165, 1.54) is 105 Å². The fourth-order valence-electron chi connectivity index (χ4n) is 21.8. The van der Waals surface area contributed by atoms with Gasteiger partial charge in [0.05, 0.1) is 84.8 Å². The van der Waals surface area contributed by atoms with Gasteiger partial charge in [-0.1, -0.05) is 394 Å². The third-order valence-corrected chi connectivity index (χ3v) is 28.6. The van der Waals surface area contributed by atoms with Gasteiger partial charge in [-0.05, 0) is 213 Å². The molecule has 0 saturated heterocycles. The molecular weight excluding hydrogens is 1770 g/mol. The van der Waals surface area contributed by atoms with E-state index in [2.05, 4.69) is 544 Å². The van der Waals surface area contributed by atoms with Crippen molar-refractivity contribution in [1.82, 2.24) is 28.7 Å². The highest BCUT2D eigenvalue weighted by molar-refractivity contribution is 6.08. The molecule has 6 aromatic heterocycles. The third kappa shape index (κ3) is 15.5. The lowest BCUT2D eigenvalue weighted by Gasteiger charge is -2.26. The van der Waals surface area contributed by atoms with E-state index in [0.29, 0.717) is 0 Å². The average Bonchev–Trinajstić information content (AvgIpc) is 1.58. The first-order chi connectivity index (χ1) is 72.4. The first-order valence-corrected chi connectivity index (χ1v) is 49.7. The van der Waals surface area contributed by atoms with Crippen LogP contribution in [0.2, 0.25) is 0 Å². The molecule has 3 aliphatic rings. The van der Waals surface area contributed by atoms with Crippen LogP contribution >= 0.6 is 0 Å². The van der Waals surface area contributed by atoms with Crippen molar-refractivity contribution in [3.05, 3.63) is 552 Å². The maximum Gasteiger partial charge on any atom is 0.123 e. The highest BCUT2D eigenvalue weighted by atomic mass is 15.3. The molecule has 146 heavy (non-hydrogen) atoms. The Bertz CT molecular complexity index is 9350. The number of pyridine rings is 3. The van der Waals surface area contributed by atoms with Crippen molar-refractivity contribution in [2.24, 2.45) is 0 Å².